The van der Waals surface area contributed by atoms with Crippen molar-refractivity contribution in [3.05, 3.63) is 119 Å². The van der Waals surface area contributed by atoms with Crippen molar-refractivity contribution in [1.29, 1.82) is 5.26 Å². The van der Waals surface area contributed by atoms with E-state index in [0.717, 1.165) is 35.2 Å². The van der Waals surface area contributed by atoms with Gasteiger partial charge in [-0.05, 0) is 60.2 Å². The van der Waals surface area contributed by atoms with E-state index >= 15 is 0 Å². The van der Waals surface area contributed by atoms with E-state index in [9.17, 15) is 4.39 Å². The molecule has 0 spiro atoms. The first-order valence-electron chi connectivity index (χ1n) is 10.4. The van der Waals surface area contributed by atoms with Gasteiger partial charge in [0.15, 0.2) is 0 Å². The van der Waals surface area contributed by atoms with E-state index in [-0.39, 0.29) is 17.9 Å². The predicted octanol–water partition coefficient (Wildman–Crippen LogP) is 5.74. The molecule has 0 aliphatic carbocycles. The fraction of sp³-hybridized carbons (Fsp3) is 0.222. The topological polar surface area (TPSA) is 47.8 Å². The van der Waals surface area contributed by atoms with E-state index < -0.39 is 0 Å². The van der Waals surface area contributed by atoms with Crippen molar-refractivity contribution in [2.45, 2.75) is 31.8 Å². The first-order valence-corrected chi connectivity index (χ1v) is 10.4. The molecule has 0 aliphatic rings. The molecule has 0 aromatic heterocycles. The lowest BCUT2D eigenvalue weighted by molar-refractivity contribution is 0.445. The predicted molar refractivity (Wildman–Crippen MR) is 124 cm³/mol. The molecule has 31 heavy (non-hydrogen) atoms. The monoisotopic (exact) mass is 413 g/mol. The van der Waals surface area contributed by atoms with Gasteiger partial charge in [-0.2, -0.15) is 5.26 Å². The quantitative estimate of drug-likeness (QED) is 0.470. The van der Waals surface area contributed by atoms with Crippen molar-refractivity contribution in [3.63, 3.8) is 0 Å². The Labute approximate surface area is 184 Å². The summed E-state index contributed by atoms with van der Waals surface area (Å²) < 4.78 is 13.9. The Bertz CT molecular complexity index is 1050. The lowest BCUT2D eigenvalue weighted by Crippen LogP contribution is -2.31. The maximum atomic E-state index is 13.9. The number of aryl methyl sites for hydroxylation is 2. The summed E-state index contributed by atoms with van der Waals surface area (Å²) in [6.45, 7) is 5.99. The minimum absolute atomic E-state index is 0.00903. The Morgan fingerprint density at radius 3 is 2.35 bits per heavy atom. The SMILES string of the molecule is C=C(NC)C(N[C@@H](CCc1ccc(C#N)cc1)c1ccc(F)c(C)c1)c1ccccc1. The summed E-state index contributed by atoms with van der Waals surface area (Å²) in [4.78, 5) is 0. The number of rotatable bonds is 9. The van der Waals surface area contributed by atoms with Crippen LogP contribution in [0.25, 0.3) is 0 Å². The van der Waals surface area contributed by atoms with E-state index in [1.807, 2.05) is 61.6 Å². The highest BCUT2D eigenvalue weighted by Crippen LogP contribution is 2.28. The van der Waals surface area contributed by atoms with Crippen LogP contribution in [0.5, 0.6) is 0 Å². The Morgan fingerprint density at radius 2 is 1.74 bits per heavy atom. The number of halogens is 1. The summed E-state index contributed by atoms with van der Waals surface area (Å²) in [6, 6.07) is 25.2. The third kappa shape index (κ3) is 5.81. The number of nitrogens with one attached hydrogen (secondary N) is 2. The summed E-state index contributed by atoms with van der Waals surface area (Å²) in [6.07, 6.45) is 1.64. The highest BCUT2D eigenvalue weighted by atomic mass is 19.1. The molecule has 0 aliphatic heterocycles. The molecular weight excluding hydrogens is 385 g/mol. The van der Waals surface area contributed by atoms with Gasteiger partial charge in [0.1, 0.15) is 5.82 Å². The van der Waals surface area contributed by atoms with Crippen LogP contribution >= 0.6 is 0 Å². The van der Waals surface area contributed by atoms with Crippen molar-refractivity contribution in [1.82, 2.24) is 10.6 Å². The van der Waals surface area contributed by atoms with Crippen LogP contribution in [0.2, 0.25) is 0 Å². The van der Waals surface area contributed by atoms with Gasteiger partial charge < -0.3 is 5.32 Å². The van der Waals surface area contributed by atoms with Gasteiger partial charge in [0.2, 0.25) is 0 Å². The number of nitrogens with zero attached hydrogens (tertiary/aromatic N) is 1. The Balaban J connectivity index is 1.88. The third-order valence-corrected chi connectivity index (χ3v) is 5.56. The Kier molecular flexibility index (Phi) is 7.59. The van der Waals surface area contributed by atoms with E-state index in [1.54, 1.807) is 6.92 Å². The summed E-state index contributed by atoms with van der Waals surface area (Å²) in [5, 5.41) is 15.9. The van der Waals surface area contributed by atoms with Crippen molar-refractivity contribution in [2.75, 3.05) is 7.05 Å². The molecule has 1 unspecified atom stereocenters. The van der Waals surface area contributed by atoms with Crippen LogP contribution < -0.4 is 10.6 Å². The summed E-state index contributed by atoms with van der Waals surface area (Å²) in [5.41, 5.74) is 5.47. The van der Waals surface area contributed by atoms with Gasteiger partial charge in [-0.3, -0.25) is 5.32 Å². The summed E-state index contributed by atoms with van der Waals surface area (Å²) >= 11 is 0. The number of likely N-dealkylation sites (N-methyl/N-ethyl adjacent to an activating group) is 1. The first kappa shape index (κ1) is 22.3. The molecule has 0 heterocycles. The van der Waals surface area contributed by atoms with Crippen molar-refractivity contribution < 1.29 is 4.39 Å². The molecule has 0 bridgehead atoms. The Hall–Kier alpha value is -3.42. The average molecular weight is 414 g/mol. The highest BCUT2D eigenvalue weighted by Gasteiger charge is 2.21. The van der Waals surface area contributed by atoms with Crippen LogP contribution in [0.3, 0.4) is 0 Å². The molecule has 3 nitrogen and oxygen atoms in total. The summed E-state index contributed by atoms with van der Waals surface area (Å²) in [5.74, 6) is -0.200. The first-order chi connectivity index (χ1) is 15.0. The second-order valence-corrected chi connectivity index (χ2v) is 7.69. The van der Waals surface area contributed by atoms with E-state index in [0.29, 0.717) is 11.1 Å². The summed E-state index contributed by atoms with van der Waals surface area (Å²) in [7, 11) is 1.87. The van der Waals surface area contributed by atoms with Crippen molar-refractivity contribution in [2.24, 2.45) is 0 Å². The third-order valence-electron chi connectivity index (χ3n) is 5.56. The minimum Gasteiger partial charge on any atom is -0.390 e. The van der Waals surface area contributed by atoms with Crippen LogP contribution in [0.4, 0.5) is 4.39 Å². The van der Waals surface area contributed by atoms with E-state index in [1.165, 1.54) is 6.07 Å². The molecule has 4 heteroatoms. The van der Waals surface area contributed by atoms with Crippen LogP contribution in [0, 0.1) is 24.1 Å². The average Bonchev–Trinajstić information content (AvgIpc) is 2.81. The fourth-order valence-electron chi connectivity index (χ4n) is 3.68. The van der Waals surface area contributed by atoms with Crippen LogP contribution in [0.15, 0.2) is 85.1 Å². The van der Waals surface area contributed by atoms with E-state index in [4.69, 9.17) is 5.26 Å². The molecule has 0 fully saturated rings. The lowest BCUT2D eigenvalue weighted by atomic mass is 9.94. The van der Waals surface area contributed by atoms with Gasteiger partial charge in [0.05, 0.1) is 17.7 Å². The number of benzene rings is 3. The van der Waals surface area contributed by atoms with Crippen molar-refractivity contribution in [3.8, 4) is 6.07 Å². The number of hydrogen-bond donors (Lipinski definition) is 2. The van der Waals surface area contributed by atoms with Gasteiger partial charge in [0.25, 0.3) is 0 Å². The molecule has 0 saturated heterocycles. The number of nitriles is 1. The molecule has 2 atom stereocenters. The largest absolute Gasteiger partial charge is 0.390 e. The molecule has 158 valence electrons. The zero-order valence-electron chi connectivity index (χ0n) is 18.0. The van der Waals surface area contributed by atoms with Gasteiger partial charge in [0, 0.05) is 18.8 Å². The number of hydrogen-bond acceptors (Lipinski definition) is 3. The van der Waals surface area contributed by atoms with Gasteiger partial charge >= 0.3 is 0 Å². The van der Waals surface area contributed by atoms with Gasteiger partial charge in [-0.15, -0.1) is 0 Å². The molecule has 0 amide bonds. The minimum atomic E-state index is -0.200. The van der Waals surface area contributed by atoms with Crippen molar-refractivity contribution >= 4 is 0 Å². The second-order valence-electron chi connectivity index (χ2n) is 7.69. The molecule has 2 N–H and O–H groups in total. The zero-order chi connectivity index (χ0) is 22.2. The smallest absolute Gasteiger partial charge is 0.126 e. The zero-order valence-corrected chi connectivity index (χ0v) is 18.0. The highest BCUT2D eigenvalue weighted by molar-refractivity contribution is 5.33. The van der Waals surface area contributed by atoms with Crippen LogP contribution in [-0.2, 0) is 6.42 Å². The second kappa shape index (κ2) is 10.6. The maximum absolute atomic E-state index is 13.9. The van der Waals surface area contributed by atoms with Crippen LogP contribution in [0.1, 0.15) is 46.3 Å². The van der Waals surface area contributed by atoms with Crippen LogP contribution in [-0.4, -0.2) is 7.05 Å². The molecule has 3 aromatic carbocycles. The molecule has 0 saturated carbocycles. The molecule has 3 rings (SSSR count). The molecular formula is C27H28FN3. The fourth-order valence-corrected chi connectivity index (χ4v) is 3.68. The standard InChI is InChI=1S/C27H28FN3/c1-19-17-24(14-15-25(19)28)26(16-13-21-9-11-22(18-29)12-10-21)31-27(20(2)30-3)23-7-5-4-6-8-23/h4-12,14-15,17,26-27,30-31H,2,13,16H2,1,3H3/t26-,27?/m0/s1. The van der Waals surface area contributed by atoms with Gasteiger partial charge in [-0.1, -0.05) is 61.2 Å². The molecule has 3 aromatic rings. The maximum Gasteiger partial charge on any atom is 0.126 e. The Morgan fingerprint density at radius 1 is 1.03 bits per heavy atom. The molecule has 0 radical (unpaired) electrons. The normalized spacial score (nSPS) is 12.6. The lowest BCUT2D eigenvalue weighted by Gasteiger charge is -2.28. The van der Waals surface area contributed by atoms with E-state index in [2.05, 4.69) is 35.4 Å². The van der Waals surface area contributed by atoms with Gasteiger partial charge in [-0.25, -0.2) is 4.39 Å².